The highest BCUT2D eigenvalue weighted by Crippen LogP contribution is 1.75. The summed E-state index contributed by atoms with van der Waals surface area (Å²) in [6, 6.07) is 0. The van der Waals surface area contributed by atoms with Crippen LogP contribution in [0.1, 0.15) is 0 Å². The molecular formula is C4H9NO3S. The predicted octanol–water partition coefficient (Wildman–Crippen LogP) is -1.04. The molecule has 0 bridgehead atoms. The van der Waals surface area contributed by atoms with Gasteiger partial charge in [-0.2, -0.15) is 0 Å². The molecule has 0 unspecified atom stereocenters. The molecule has 54 valence electrons. The molecule has 0 saturated heterocycles. The maximum Gasteiger partial charge on any atom is 0.247 e. The van der Waals surface area contributed by atoms with Crippen LogP contribution in [0.3, 0.4) is 0 Å². The van der Waals surface area contributed by atoms with Crippen molar-refractivity contribution in [2.24, 2.45) is 0 Å². The fourth-order valence-electron chi connectivity index (χ4n) is 0.305. The summed E-state index contributed by atoms with van der Waals surface area (Å²) in [5, 5.41) is 10.6. The summed E-state index contributed by atoms with van der Waals surface area (Å²) in [6.45, 7) is 0.122. The van der Waals surface area contributed by atoms with E-state index in [0.29, 0.717) is 0 Å². The van der Waals surface area contributed by atoms with Gasteiger partial charge >= 0.3 is 0 Å². The molecule has 0 aliphatic rings. The van der Waals surface area contributed by atoms with Crippen molar-refractivity contribution >= 4 is 18.8 Å². The van der Waals surface area contributed by atoms with E-state index >= 15 is 0 Å². The molecule has 0 atom stereocenters. The van der Waals surface area contributed by atoms with Gasteiger partial charge in [0, 0.05) is 6.54 Å². The van der Waals surface area contributed by atoms with Crippen molar-refractivity contribution in [1.29, 1.82) is 0 Å². The number of carbonyl (C=O) groups is 1. The van der Waals surface area contributed by atoms with Gasteiger partial charge in [0.25, 0.3) is 0 Å². The van der Waals surface area contributed by atoms with Crippen molar-refractivity contribution in [2.45, 2.75) is 0 Å². The number of carbonyl (C=O) groups excluding carboxylic acids is 1. The molecule has 0 spiro atoms. The van der Waals surface area contributed by atoms with E-state index in [1.807, 2.05) is 0 Å². The Bertz CT molecular complexity index is 87.9. The summed E-state index contributed by atoms with van der Waals surface area (Å²) in [7, 11) is 0. The van der Waals surface area contributed by atoms with Crippen LogP contribution in [0.25, 0.3) is 0 Å². The average molecular weight is 151 g/mol. The number of hydrogen-bond donors (Lipinski definition) is 3. The molecule has 0 heterocycles. The zero-order valence-electron chi connectivity index (χ0n) is 4.83. The highest BCUT2D eigenvalue weighted by molar-refractivity contribution is 7.75. The van der Waals surface area contributed by atoms with Crippen molar-refractivity contribution < 1.29 is 14.1 Å². The van der Waals surface area contributed by atoms with Crippen LogP contribution in [-0.4, -0.2) is 30.8 Å². The van der Waals surface area contributed by atoms with Crippen molar-refractivity contribution in [3.63, 3.8) is 0 Å². The van der Waals surface area contributed by atoms with Gasteiger partial charge in [-0.25, -0.2) is 0 Å². The quantitative estimate of drug-likeness (QED) is 0.355. The Morgan fingerprint density at radius 2 is 2.44 bits per heavy atom. The van der Waals surface area contributed by atoms with Gasteiger partial charge < -0.3 is 14.6 Å². The second kappa shape index (κ2) is 5.87. The Hall–Kier alpha value is -0.260. The van der Waals surface area contributed by atoms with Crippen molar-refractivity contribution in [2.75, 3.05) is 19.8 Å². The van der Waals surface area contributed by atoms with Gasteiger partial charge in [-0.15, -0.1) is 0 Å². The van der Waals surface area contributed by atoms with Crippen LogP contribution in [0.5, 0.6) is 0 Å². The fourth-order valence-corrected chi connectivity index (χ4v) is 0.422. The van der Waals surface area contributed by atoms with E-state index < -0.39 is 0 Å². The molecule has 0 aliphatic carbocycles. The van der Waals surface area contributed by atoms with E-state index in [0.717, 1.165) is 0 Å². The van der Waals surface area contributed by atoms with Gasteiger partial charge in [0.2, 0.25) is 5.91 Å². The number of aliphatic hydroxyl groups excluding tert-OH is 1. The molecule has 1 amide bonds. The molecule has 5 heteroatoms. The third kappa shape index (κ3) is 5.61. The number of thiol groups is 1. The highest BCUT2D eigenvalue weighted by Gasteiger charge is 1.95. The maximum atomic E-state index is 10.4. The van der Waals surface area contributed by atoms with Crippen molar-refractivity contribution in [3.8, 4) is 0 Å². The zero-order chi connectivity index (χ0) is 7.11. The van der Waals surface area contributed by atoms with Crippen LogP contribution in [-0.2, 0) is 8.98 Å². The molecule has 2 N–H and O–H groups in total. The summed E-state index contributed by atoms with van der Waals surface area (Å²) in [4.78, 5) is 10.4. The standard InChI is InChI=1S/C4H9NO3S/c6-2-1-5-4(7)3-8-9/h6,9H,1-3H2,(H,5,7). The lowest BCUT2D eigenvalue weighted by Crippen LogP contribution is -2.28. The van der Waals surface area contributed by atoms with Crippen LogP contribution in [0.4, 0.5) is 0 Å². The van der Waals surface area contributed by atoms with E-state index in [1.165, 1.54) is 0 Å². The third-order valence-electron chi connectivity index (χ3n) is 0.630. The molecule has 0 radical (unpaired) electrons. The number of rotatable bonds is 4. The summed E-state index contributed by atoms with van der Waals surface area (Å²) >= 11 is 3.36. The smallest absolute Gasteiger partial charge is 0.247 e. The topological polar surface area (TPSA) is 58.6 Å². The lowest BCUT2D eigenvalue weighted by molar-refractivity contribution is -0.122. The average Bonchev–Trinajstić information content (AvgIpc) is 1.85. The van der Waals surface area contributed by atoms with E-state index in [1.54, 1.807) is 0 Å². The predicted molar refractivity (Wildman–Crippen MR) is 35.0 cm³/mol. The van der Waals surface area contributed by atoms with Gasteiger partial charge in [-0.3, -0.25) is 4.79 Å². The van der Waals surface area contributed by atoms with Gasteiger partial charge in [-0.05, 0) is 12.9 Å². The SMILES string of the molecule is O=C(COS)NCCO. The molecule has 0 aromatic carbocycles. The Labute approximate surface area is 58.8 Å². The molecule has 9 heavy (non-hydrogen) atoms. The first-order valence-electron chi connectivity index (χ1n) is 2.45. The van der Waals surface area contributed by atoms with E-state index in [9.17, 15) is 4.79 Å². The monoisotopic (exact) mass is 151 g/mol. The molecular weight excluding hydrogens is 142 g/mol. The summed E-state index contributed by atoms with van der Waals surface area (Å²) in [5.74, 6) is -0.279. The molecule has 4 nitrogen and oxygen atoms in total. The minimum absolute atomic E-state index is 0.0572. The highest BCUT2D eigenvalue weighted by atomic mass is 32.1. The molecule has 0 aromatic rings. The summed E-state index contributed by atoms with van der Waals surface area (Å²) in [5.41, 5.74) is 0. The molecule has 0 fully saturated rings. The minimum atomic E-state index is -0.279. The second-order valence-corrected chi connectivity index (χ2v) is 1.61. The Morgan fingerprint density at radius 3 is 2.89 bits per heavy atom. The third-order valence-corrected chi connectivity index (χ3v) is 0.759. The Kier molecular flexibility index (Phi) is 5.70. The van der Waals surface area contributed by atoms with Gasteiger partial charge in [0.05, 0.1) is 6.61 Å². The number of aliphatic hydroxyl groups is 1. The van der Waals surface area contributed by atoms with Gasteiger partial charge in [-0.1, -0.05) is 0 Å². The summed E-state index contributed by atoms with van der Waals surface area (Å²) < 4.78 is 4.20. The largest absolute Gasteiger partial charge is 0.395 e. The number of hydrogen-bond acceptors (Lipinski definition) is 4. The lowest BCUT2D eigenvalue weighted by Gasteiger charge is -1.98. The normalized spacial score (nSPS) is 9.11. The van der Waals surface area contributed by atoms with Crippen molar-refractivity contribution in [3.05, 3.63) is 0 Å². The van der Waals surface area contributed by atoms with E-state index in [2.05, 4.69) is 22.4 Å². The number of amides is 1. The first-order chi connectivity index (χ1) is 4.31. The van der Waals surface area contributed by atoms with Crippen LogP contribution >= 0.6 is 12.9 Å². The lowest BCUT2D eigenvalue weighted by atomic mass is 10.6. The fraction of sp³-hybridized carbons (Fsp3) is 0.750. The van der Waals surface area contributed by atoms with Crippen LogP contribution in [0.15, 0.2) is 0 Å². The van der Waals surface area contributed by atoms with Crippen molar-refractivity contribution in [1.82, 2.24) is 5.32 Å². The second-order valence-electron chi connectivity index (χ2n) is 1.35. The first kappa shape index (κ1) is 8.74. The molecule has 0 aliphatic heterocycles. The Balaban J connectivity index is 3.06. The summed E-state index contributed by atoms with van der Waals surface area (Å²) in [6.07, 6.45) is 0. The molecule has 0 aromatic heterocycles. The number of nitrogens with one attached hydrogen (secondary N) is 1. The van der Waals surface area contributed by atoms with Gasteiger partial charge in [0.15, 0.2) is 0 Å². The molecule has 0 saturated carbocycles. The van der Waals surface area contributed by atoms with E-state index in [4.69, 9.17) is 5.11 Å². The van der Waals surface area contributed by atoms with E-state index in [-0.39, 0.29) is 25.7 Å². The van der Waals surface area contributed by atoms with Crippen LogP contribution < -0.4 is 5.32 Å². The zero-order valence-corrected chi connectivity index (χ0v) is 5.73. The Morgan fingerprint density at radius 1 is 1.78 bits per heavy atom. The maximum absolute atomic E-state index is 10.4. The van der Waals surface area contributed by atoms with Crippen LogP contribution in [0.2, 0.25) is 0 Å². The van der Waals surface area contributed by atoms with Gasteiger partial charge in [0.1, 0.15) is 6.61 Å². The minimum Gasteiger partial charge on any atom is -0.395 e. The van der Waals surface area contributed by atoms with Crippen LogP contribution in [0, 0.1) is 0 Å². The first-order valence-corrected chi connectivity index (χ1v) is 2.81. The molecule has 0 rings (SSSR count).